The second kappa shape index (κ2) is 5.66. The summed E-state index contributed by atoms with van der Waals surface area (Å²) in [7, 11) is -3.16. The molecule has 15 heavy (non-hydrogen) atoms. The van der Waals surface area contributed by atoms with Crippen molar-refractivity contribution in [3.05, 3.63) is 0 Å². The first-order valence-electron chi connectivity index (χ1n) is 4.34. The molecule has 0 aromatic carbocycles. The third kappa shape index (κ3) is 9.95. The van der Waals surface area contributed by atoms with Crippen LogP contribution >= 0.6 is 0 Å². The number of hydrogen-bond acceptors (Lipinski definition) is 4. The maximum atomic E-state index is 11.8. The Morgan fingerprint density at radius 1 is 1.33 bits per heavy atom. The smallest absolute Gasteiger partial charge is 0.271 e. The van der Waals surface area contributed by atoms with Crippen LogP contribution in [0.2, 0.25) is 0 Å². The molecule has 0 fully saturated rings. The molecule has 0 aliphatic carbocycles. The predicted molar refractivity (Wildman–Crippen MR) is 50.7 cm³/mol. The Hall–Kier alpha value is -0.340. The average Bonchev–Trinajstić information content (AvgIpc) is 2.00. The zero-order valence-electron chi connectivity index (χ0n) is 8.34. The number of halogens is 3. The van der Waals surface area contributed by atoms with Crippen LogP contribution in [0.15, 0.2) is 0 Å². The van der Waals surface area contributed by atoms with Crippen LogP contribution in [-0.4, -0.2) is 32.6 Å². The molecule has 0 aliphatic heterocycles. The van der Waals surface area contributed by atoms with Gasteiger partial charge in [-0.1, -0.05) is 0 Å². The van der Waals surface area contributed by atoms with Crippen LogP contribution in [0.4, 0.5) is 13.2 Å². The molecule has 0 bridgehead atoms. The summed E-state index contributed by atoms with van der Waals surface area (Å²) in [5.74, 6) is 4.85. The van der Waals surface area contributed by atoms with Gasteiger partial charge in [0.2, 0.25) is 0 Å². The molecule has 1 unspecified atom stereocenters. The Kier molecular flexibility index (Phi) is 5.54. The van der Waals surface area contributed by atoms with Crippen LogP contribution in [-0.2, 0) is 9.84 Å². The molecule has 8 heteroatoms. The van der Waals surface area contributed by atoms with E-state index in [1.54, 1.807) is 0 Å². The summed E-state index contributed by atoms with van der Waals surface area (Å²) >= 11 is 0. The summed E-state index contributed by atoms with van der Waals surface area (Å²) in [5, 5.41) is 0. The van der Waals surface area contributed by atoms with Crippen LogP contribution in [0.5, 0.6) is 0 Å². The highest BCUT2D eigenvalue weighted by Gasteiger charge is 2.28. The first kappa shape index (κ1) is 14.7. The predicted octanol–water partition coefficient (Wildman–Crippen LogP) is 0.596. The molecule has 0 heterocycles. The van der Waals surface area contributed by atoms with Crippen LogP contribution < -0.4 is 11.3 Å². The molecular weight excluding hydrogens is 233 g/mol. The molecule has 0 aromatic rings. The van der Waals surface area contributed by atoms with Gasteiger partial charge in [-0.2, -0.15) is 13.2 Å². The van der Waals surface area contributed by atoms with Gasteiger partial charge in [-0.3, -0.25) is 11.3 Å². The van der Waals surface area contributed by atoms with Crippen molar-refractivity contribution in [1.82, 2.24) is 5.43 Å². The van der Waals surface area contributed by atoms with Gasteiger partial charge in [0.1, 0.15) is 9.84 Å². The minimum absolute atomic E-state index is 0.0887. The van der Waals surface area contributed by atoms with Crippen molar-refractivity contribution in [2.75, 3.05) is 12.0 Å². The molecule has 1 atom stereocenters. The molecule has 0 aromatic heterocycles. The van der Waals surface area contributed by atoms with E-state index in [4.69, 9.17) is 5.84 Å². The third-order valence-electron chi connectivity index (χ3n) is 1.85. The third-order valence-corrected chi connectivity index (χ3v) is 2.83. The van der Waals surface area contributed by atoms with Gasteiger partial charge in [-0.15, -0.1) is 0 Å². The highest BCUT2D eigenvalue weighted by molar-refractivity contribution is 7.90. The van der Waals surface area contributed by atoms with E-state index < -0.39 is 28.5 Å². The molecule has 0 spiro atoms. The van der Waals surface area contributed by atoms with Crippen LogP contribution in [0.1, 0.15) is 19.3 Å². The molecule has 0 aliphatic rings. The number of alkyl halides is 3. The van der Waals surface area contributed by atoms with Crippen LogP contribution in [0.3, 0.4) is 0 Å². The minimum atomic E-state index is -4.24. The minimum Gasteiger partial charge on any atom is -0.271 e. The molecule has 92 valence electrons. The summed E-state index contributed by atoms with van der Waals surface area (Å²) in [5.41, 5.74) is 2.18. The van der Waals surface area contributed by atoms with Gasteiger partial charge in [0, 0.05) is 18.7 Å². The second-order valence-corrected chi connectivity index (χ2v) is 5.70. The monoisotopic (exact) mass is 248 g/mol. The van der Waals surface area contributed by atoms with Gasteiger partial charge in [-0.05, 0) is 12.8 Å². The first-order chi connectivity index (χ1) is 6.64. The number of rotatable bonds is 6. The van der Waals surface area contributed by atoms with Crippen molar-refractivity contribution < 1.29 is 21.6 Å². The van der Waals surface area contributed by atoms with Crippen molar-refractivity contribution in [1.29, 1.82) is 0 Å². The summed E-state index contributed by atoms with van der Waals surface area (Å²) < 4.78 is 57.0. The van der Waals surface area contributed by atoms with E-state index in [1.807, 2.05) is 0 Å². The highest BCUT2D eigenvalue weighted by Crippen LogP contribution is 2.22. The Morgan fingerprint density at radius 3 is 2.20 bits per heavy atom. The fraction of sp³-hybridized carbons (Fsp3) is 1.00. The van der Waals surface area contributed by atoms with Gasteiger partial charge >= 0.3 is 6.18 Å². The zero-order chi connectivity index (χ0) is 12.1. The van der Waals surface area contributed by atoms with E-state index >= 15 is 0 Å². The largest absolute Gasteiger partial charge is 0.389 e. The summed E-state index contributed by atoms with van der Waals surface area (Å²) in [4.78, 5) is 0. The standard InChI is InChI=1S/C7H15F3N2O2S/c1-15(13,14)5-3-6(12-11)2-4-7(8,9)10/h6,12H,2-5,11H2,1H3. The maximum Gasteiger partial charge on any atom is 0.389 e. The molecule has 0 rings (SSSR count). The Morgan fingerprint density at radius 2 is 1.87 bits per heavy atom. The lowest BCUT2D eigenvalue weighted by atomic mass is 10.1. The first-order valence-corrected chi connectivity index (χ1v) is 6.41. The molecule has 4 nitrogen and oxygen atoms in total. The van der Waals surface area contributed by atoms with Crippen LogP contribution in [0, 0.1) is 0 Å². The second-order valence-electron chi connectivity index (χ2n) is 3.44. The van der Waals surface area contributed by atoms with Crippen molar-refractivity contribution in [3.8, 4) is 0 Å². The quantitative estimate of drug-likeness (QED) is 0.533. The Labute approximate surface area is 86.9 Å². The number of nitrogens with two attached hydrogens (primary N) is 1. The van der Waals surface area contributed by atoms with E-state index in [0.29, 0.717) is 0 Å². The van der Waals surface area contributed by atoms with E-state index in [-0.39, 0.29) is 18.6 Å². The topological polar surface area (TPSA) is 72.2 Å². The Bertz CT molecular complexity index is 276. The van der Waals surface area contributed by atoms with E-state index in [9.17, 15) is 21.6 Å². The number of sulfone groups is 1. The number of nitrogens with one attached hydrogen (secondary N) is 1. The fourth-order valence-corrected chi connectivity index (χ4v) is 1.72. The van der Waals surface area contributed by atoms with Crippen molar-refractivity contribution in [2.45, 2.75) is 31.5 Å². The summed E-state index contributed by atoms with van der Waals surface area (Å²) in [6.45, 7) is 0. The van der Waals surface area contributed by atoms with Gasteiger partial charge in [0.05, 0.1) is 5.75 Å². The zero-order valence-corrected chi connectivity index (χ0v) is 9.16. The van der Waals surface area contributed by atoms with Crippen molar-refractivity contribution >= 4 is 9.84 Å². The van der Waals surface area contributed by atoms with E-state index in [0.717, 1.165) is 6.26 Å². The van der Waals surface area contributed by atoms with Gasteiger partial charge in [0.15, 0.2) is 0 Å². The maximum absolute atomic E-state index is 11.8. The van der Waals surface area contributed by atoms with Gasteiger partial charge in [-0.25, -0.2) is 8.42 Å². The molecule has 0 saturated carbocycles. The van der Waals surface area contributed by atoms with Crippen molar-refractivity contribution in [2.24, 2.45) is 5.84 Å². The molecule has 0 saturated heterocycles. The van der Waals surface area contributed by atoms with E-state index in [2.05, 4.69) is 5.43 Å². The highest BCUT2D eigenvalue weighted by atomic mass is 32.2. The SMILES string of the molecule is CS(=O)(=O)CCC(CCC(F)(F)F)NN. The molecule has 3 N–H and O–H groups in total. The summed E-state index contributed by atoms with van der Waals surface area (Å²) in [6, 6.07) is -0.624. The average molecular weight is 248 g/mol. The molecular formula is C7H15F3N2O2S. The number of hydrogen-bond donors (Lipinski definition) is 2. The lowest BCUT2D eigenvalue weighted by Gasteiger charge is -2.16. The van der Waals surface area contributed by atoms with Crippen molar-refractivity contribution in [3.63, 3.8) is 0 Å². The molecule has 0 radical (unpaired) electrons. The van der Waals surface area contributed by atoms with Gasteiger partial charge < -0.3 is 0 Å². The van der Waals surface area contributed by atoms with Gasteiger partial charge in [0.25, 0.3) is 0 Å². The lowest BCUT2D eigenvalue weighted by molar-refractivity contribution is -0.136. The summed E-state index contributed by atoms with van der Waals surface area (Å²) in [6.07, 6.45) is -4.29. The van der Waals surface area contributed by atoms with Crippen LogP contribution in [0.25, 0.3) is 0 Å². The normalized spacial score (nSPS) is 15.3. The fourth-order valence-electron chi connectivity index (χ4n) is 1.01. The van der Waals surface area contributed by atoms with E-state index in [1.165, 1.54) is 0 Å². The molecule has 0 amide bonds. The number of hydrazine groups is 1. The Balaban J connectivity index is 3.95. The lowest BCUT2D eigenvalue weighted by Crippen LogP contribution is -2.37.